The van der Waals surface area contributed by atoms with Crippen molar-refractivity contribution in [2.45, 2.75) is 154 Å². The van der Waals surface area contributed by atoms with E-state index in [4.69, 9.17) is 0 Å². The lowest BCUT2D eigenvalue weighted by atomic mass is 9.80. The largest absolute Gasteiger partial charge is 0.388 e. The monoisotopic (exact) mass is 807 g/mol. The van der Waals surface area contributed by atoms with E-state index >= 15 is 0 Å². The predicted molar refractivity (Wildman–Crippen MR) is 224 cm³/mol. The molecule has 58 heavy (non-hydrogen) atoms. The normalized spacial score (nSPS) is 18.3. The minimum atomic E-state index is -1.42. The van der Waals surface area contributed by atoms with Crippen molar-refractivity contribution in [3.63, 3.8) is 0 Å². The molecule has 6 N–H and O–H groups in total. The van der Waals surface area contributed by atoms with Gasteiger partial charge in [0.05, 0.1) is 36.6 Å². The summed E-state index contributed by atoms with van der Waals surface area (Å²) in [5, 5.41) is 36.1. The molecule has 2 aromatic heterocycles. The van der Waals surface area contributed by atoms with Crippen molar-refractivity contribution in [2.75, 3.05) is 14.1 Å². The van der Waals surface area contributed by atoms with Gasteiger partial charge in [0.2, 0.25) is 11.8 Å². The molecule has 0 spiro atoms. The number of amides is 6. The number of carbonyl (C=O) groups excluding carboxylic acids is 4. The smallest absolute Gasteiger partial charge is 0.318 e. The highest BCUT2D eigenvalue weighted by Gasteiger charge is 2.39. The summed E-state index contributed by atoms with van der Waals surface area (Å²) < 4.78 is 0. The van der Waals surface area contributed by atoms with Gasteiger partial charge in [-0.15, -0.1) is 0 Å². The maximum absolute atomic E-state index is 14.1. The van der Waals surface area contributed by atoms with E-state index in [9.17, 15) is 29.4 Å². The van der Waals surface area contributed by atoms with Gasteiger partial charge in [-0.05, 0) is 60.8 Å². The number of hydrogen-bond donors (Lipinski definition) is 6. The average Bonchev–Trinajstić information content (AvgIpc) is 3.21. The van der Waals surface area contributed by atoms with Crippen LogP contribution in [-0.4, -0.2) is 104 Å². The van der Waals surface area contributed by atoms with E-state index in [0.29, 0.717) is 24.2 Å². The van der Waals surface area contributed by atoms with Gasteiger partial charge in [-0.3, -0.25) is 19.6 Å². The first-order valence-electron chi connectivity index (χ1n) is 21.5. The van der Waals surface area contributed by atoms with Crippen LogP contribution in [0.5, 0.6) is 0 Å². The molecule has 14 nitrogen and oxygen atoms in total. The van der Waals surface area contributed by atoms with Crippen molar-refractivity contribution in [1.29, 1.82) is 0 Å². The minimum absolute atomic E-state index is 0.229. The fourth-order valence-electron chi connectivity index (χ4n) is 8.32. The molecule has 2 heterocycles. The van der Waals surface area contributed by atoms with Crippen LogP contribution in [0.15, 0.2) is 48.8 Å². The molecule has 14 heteroatoms. The first-order chi connectivity index (χ1) is 27.7. The van der Waals surface area contributed by atoms with E-state index in [2.05, 4.69) is 31.2 Å². The molecule has 6 atom stereocenters. The van der Waals surface area contributed by atoms with Crippen LogP contribution in [-0.2, 0) is 22.7 Å². The second kappa shape index (κ2) is 23.3. The van der Waals surface area contributed by atoms with E-state index < -0.39 is 60.3 Å². The third-order valence-corrected chi connectivity index (χ3v) is 11.9. The quantitative estimate of drug-likeness (QED) is 0.113. The molecule has 0 aliphatic heterocycles. The van der Waals surface area contributed by atoms with Gasteiger partial charge in [-0.1, -0.05) is 104 Å². The standard InChI is InChI=1S/C44H70N8O6/c1-29(2)37(49-43(57)51(5)27-33-21-13-15-23-45-33)41(55)47-35(25-31-17-9-7-10-18-31)39(53)40(54)36(26-32-19-11-8-12-20-32)48-42(56)38(30(3)4)50-44(58)52(6)28-34-22-14-16-24-46-34/h13-16,21-24,29-32,35-40,53-54H,7-12,17-20,25-28H2,1-6H3,(H,47,55)(H,48,56)(H,49,57)(H,50,58). The van der Waals surface area contributed by atoms with E-state index in [1.165, 1.54) is 9.80 Å². The number of aliphatic hydroxyl groups excluding tert-OH is 2. The minimum Gasteiger partial charge on any atom is -0.388 e. The van der Waals surface area contributed by atoms with Gasteiger partial charge in [0.15, 0.2) is 0 Å². The zero-order chi connectivity index (χ0) is 42.2. The van der Waals surface area contributed by atoms with Crippen LogP contribution >= 0.6 is 0 Å². The number of pyridine rings is 2. The summed E-state index contributed by atoms with van der Waals surface area (Å²) in [5.74, 6) is -1.01. The number of hydrogen-bond acceptors (Lipinski definition) is 8. The highest BCUT2D eigenvalue weighted by Crippen LogP contribution is 2.31. The third-order valence-electron chi connectivity index (χ3n) is 11.9. The predicted octanol–water partition coefficient (Wildman–Crippen LogP) is 5.14. The summed E-state index contributed by atoms with van der Waals surface area (Å²) in [7, 11) is 3.28. The van der Waals surface area contributed by atoms with Gasteiger partial charge >= 0.3 is 12.1 Å². The van der Waals surface area contributed by atoms with Crippen molar-refractivity contribution < 1.29 is 29.4 Å². The molecule has 2 fully saturated rings. The number of nitrogens with one attached hydrogen (secondary N) is 4. The molecule has 0 bridgehead atoms. The number of urea groups is 2. The van der Waals surface area contributed by atoms with Crippen LogP contribution in [0.3, 0.4) is 0 Å². The van der Waals surface area contributed by atoms with E-state index in [1.807, 2.05) is 52.0 Å². The van der Waals surface area contributed by atoms with Crippen molar-refractivity contribution in [3.8, 4) is 0 Å². The Labute approximate surface area is 345 Å². The molecule has 6 unspecified atom stereocenters. The van der Waals surface area contributed by atoms with Gasteiger partial charge in [0.25, 0.3) is 0 Å². The molecule has 2 saturated carbocycles. The molecule has 322 valence electrons. The molecule has 2 aromatic rings. The number of nitrogens with zero attached hydrogens (tertiary/aromatic N) is 4. The summed E-state index contributed by atoms with van der Waals surface area (Å²) >= 11 is 0. The van der Waals surface area contributed by atoms with Crippen molar-refractivity contribution in [2.24, 2.45) is 23.7 Å². The van der Waals surface area contributed by atoms with Crippen LogP contribution in [0.1, 0.15) is 116 Å². The Hall–Kier alpha value is -4.30. The topological polar surface area (TPSA) is 189 Å². The number of aromatic nitrogens is 2. The number of aliphatic hydroxyl groups is 2. The third kappa shape index (κ3) is 14.5. The van der Waals surface area contributed by atoms with Crippen molar-refractivity contribution in [3.05, 3.63) is 60.2 Å². The summed E-state index contributed by atoms with van der Waals surface area (Å²) in [6.07, 6.45) is 11.6. The Balaban J connectivity index is 1.52. The van der Waals surface area contributed by atoms with E-state index in [-0.39, 0.29) is 36.8 Å². The zero-order valence-corrected chi connectivity index (χ0v) is 35.6. The Kier molecular flexibility index (Phi) is 18.7. The molecular formula is C44H70N8O6. The van der Waals surface area contributed by atoms with Crippen LogP contribution in [0.4, 0.5) is 9.59 Å². The van der Waals surface area contributed by atoms with Crippen LogP contribution in [0.25, 0.3) is 0 Å². The van der Waals surface area contributed by atoms with E-state index in [0.717, 1.165) is 64.2 Å². The Morgan fingerprint density at radius 2 is 0.966 bits per heavy atom. The first kappa shape index (κ1) is 46.4. The second-order valence-electron chi connectivity index (χ2n) is 17.4. The van der Waals surface area contributed by atoms with Crippen molar-refractivity contribution in [1.82, 2.24) is 41.0 Å². The highest BCUT2D eigenvalue weighted by molar-refractivity contribution is 5.88. The van der Waals surface area contributed by atoms with Gasteiger partial charge in [0, 0.05) is 26.5 Å². The zero-order valence-electron chi connectivity index (χ0n) is 35.6. The summed E-state index contributed by atoms with van der Waals surface area (Å²) in [6.45, 7) is 7.90. The Bertz CT molecular complexity index is 1440. The average molecular weight is 807 g/mol. The first-order valence-corrected chi connectivity index (χ1v) is 21.5. The van der Waals surface area contributed by atoms with E-state index in [1.54, 1.807) is 38.6 Å². The molecule has 0 radical (unpaired) electrons. The molecule has 6 amide bonds. The molecule has 2 aliphatic rings. The second-order valence-corrected chi connectivity index (χ2v) is 17.4. The molecular weight excluding hydrogens is 737 g/mol. The summed E-state index contributed by atoms with van der Waals surface area (Å²) in [4.78, 5) is 66.4. The van der Waals surface area contributed by atoms with Crippen LogP contribution < -0.4 is 21.3 Å². The molecule has 2 aliphatic carbocycles. The molecule has 0 aromatic carbocycles. The Morgan fingerprint density at radius 3 is 1.28 bits per heavy atom. The Morgan fingerprint density at radius 1 is 0.603 bits per heavy atom. The molecule has 4 rings (SSSR count). The van der Waals surface area contributed by atoms with Gasteiger partial charge in [-0.2, -0.15) is 0 Å². The fourth-order valence-corrected chi connectivity index (χ4v) is 8.32. The lowest BCUT2D eigenvalue weighted by Crippen LogP contribution is -2.61. The summed E-state index contributed by atoms with van der Waals surface area (Å²) in [5.41, 5.74) is 1.42. The fraction of sp³-hybridized carbons (Fsp3) is 0.682. The van der Waals surface area contributed by atoms with Crippen molar-refractivity contribution >= 4 is 23.9 Å². The lowest BCUT2D eigenvalue weighted by molar-refractivity contribution is -0.129. The maximum Gasteiger partial charge on any atom is 0.318 e. The lowest BCUT2D eigenvalue weighted by Gasteiger charge is -2.38. The highest BCUT2D eigenvalue weighted by atomic mass is 16.3. The molecule has 0 saturated heterocycles. The van der Waals surface area contributed by atoms with Gasteiger partial charge in [-0.25, -0.2) is 9.59 Å². The van der Waals surface area contributed by atoms with Crippen LogP contribution in [0.2, 0.25) is 0 Å². The van der Waals surface area contributed by atoms with Gasteiger partial charge in [0.1, 0.15) is 24.3 Å². The number of carbonyl (C=O) groups is 4. The SMILES string of the molecule is CC(C)C(NC(=O)N(C)Cc1ccccn1)C(=O)NC(CC1CCCCC1)C(O)C(O)C(CC1CCCCC1)NC(=O)C(NC(=O)N(C)Cc1ccccn1)C(C)C. The van der Waals surface area contributed by atoms with Gasteiger partial charge < -0.3 is 41.3 Å². The number of rotatable bonds is 19. The maximum atomic E-state index is 14.1. The summed E-state index contributed by atoms with van der Waals surface area (Å²) in [6, 6.07) is 6.56. The van der Waals surface area contributed by atoms with Crippen LogP contribution in [0, 0.1) is 23.7 Å².